The van der Waals surface area contributed by atoms with Gasteiger partial charge in [-0.25, -0.2) is 0 Å². The molecule has 30 heavy (non-hydrogen) atoms. The zero-order valence-corrected chi connectivity index (χ0v) is 18.8. The predicted octanol–water partition coefficient (Wildman–Crippen LogP) is 5.24. The van der Waals surface area contributed by atoms with Crippen molar-refractivity contribution in [3.63, 3.8) is 0 Å². The number of benzene rings is 1. The summed E-state index contributed by atoms with van der Waals surface area (Å²) >= 11 is 0. The van der Waals surface area contributed by atoms with Gasteiger partial charge in [-0.05, 0) is 44.3 Å². The van der Waals surface area contributed by atoms with Crippen LogP contribution in [0.25, 0.3) is 0 Å². The number of unbranched alkanes of at least 4 members (excludes halogenated alkanes) is 3. The minimum Gasteiger partial charge on any atom is -0.496 e. The average molecular weight is 419 g/mol. The molecule has 1 heterocycles. The molecule has 0 radical (unpaired) electrons. The van der Waals surface area contributed by atoms with E-state index in [4.69, 9.17) is 4.74 Å². The molecule has 1 aliphatic heterocycles. The van der Waals surface area contributed by atoms with Crippen LogP contribution in [-0.4, -0.2) is 42.1 Å². The Hall–Kier alpha value is -2.08. The number of methoxy groups -OCH3 is 1. The number of likely N-dealkylation sites (tertiary alicyclic amines) is 1. The topological polar surface area (TPSA) is 78.9 Å². The first-order chi connectivity index (χ1) is 14.4. The third-order valence-corrected chi connectivity index (χ3v) is 5.74. The maximum atomic E-state index is 12.3. The summed E-state index contributed by atoms with van der Waals surface area (Å²) in [6, 6.07) is 4.55. The lowest BCUT2D eigenvalue weighted by atomic mass is 10.00. The van der Waals surface area contributed by atoms with E-state index in [1.807, 2.05) is 4.90 Å². The van der Waals surface area contributed by atoms with Crippen LogP contribution in [-0.2, 0) is 9.59 Å². The Morgan fingerprint density at radius 2 is 1.80 bits per heavy atom. The number of amides is 1. The number of aliphatic carboxylic acids is 1. The highest BCUT2D eigenvalue weighted by Crippen LogP contribution is 2.33. The molecule has 1 atom stereocenters. The van der Waals surface area contributed by atoms with Crippen molar-refractivity contribution in [3.8, 4) is 5.75 Å². The van der Waals surface area contributed by atoms with Crippen LogP contribution >= 0.6 is 0 Å². The molecule has 1 saturated heterocycles. The molecular weight excluding hydrogens is 380 g/mol. The number of carbonyl (C=O) groups excluding carboxylic acids is 1. The van der Waals surface area contributed by atoms with Crippen LogP contribution in [0.1, 0.15) is 83.2 Å². The third-order valence-electron chi connectivity index (χ3n) is 5.74. The molecule has 1 aromatic carbocycles. The van der Waals surface area contributed by atoms with Crippen LogP contribution in [0.2, 0.25) is 0 Å². The third kappa shape index (κ3) is 7.63. The molecule has 0 bridgehead atoms. The summed E-state index contributed by atoms with van der Waals surface area (Å²) in [5.74, 6) is 0.352. The Labute approximate surface area is 181 Å². The van der Waals surface area contributed by atoms with E-state index in [0.717, 1.165) is 51.1 Å². The van der Waals surface area contributed by atoms with Gasteiger partial charge in [-0.3, -0.25) is 14.5 Å². The molecule has 2 N–H and O–H groups in total. The van der Waals surface area contributed by atoms with Gasteiger partial charge in [0.2, 0.25) is 5.91 Å². The fraction of sp³-hybridized carbons (Fsp3) is 0.667. The fourth-order valence-corrected chi connectivity index (χ4v) is 4.09. The Bertz CT molecular complexity index is 684. The maximum absolute atomic E-state index is 12.3. The molecule has 6 heteroatoms. The maximum Gasteiger partial charge on any atom is 0.325 e. The van der Waals surface area contributed by atoms with E-state index < -0.39 is 12.0 Å². The minimum absolute atomic E-state index is 0.0144. The van der Waals surface area contributed by atoms with Crippen molar-refractivity contribution < 1.29 is 19.4 Å². The van der Waals surface area contributed by atoms with E-state index in [9.17, 15) is 14.7 Å². The van der Waals surface area contributed by atoms with Crippen molar-refractivity contribution in [1.82, 2.24) is 4.90 Å². The average Bonchev–Trinajstić information content (AvgIpc) is 2.72. The highest BCUT2D eigenvalue weighted by molar-refractivity contribution is 5.91. The van der Waals surface area contributed by atoms with Gasteiger partial charge in [0.05, 0.1) is 7.11 Å². The van der Waals surface area contributed by atoms with E-state index >= 15 is 0 Å². The van der Waals surface area contributed by atoms with Gasteiger partial charge < -0.3 is 15.2 Å². The smallest absolute Gasteiger partial charge is 0.325 e. The van der Waals surface area contributed by atoms with Crippen molar-refractivity contribution >= 4 is 17.6 Å². The SMILES string of the molecule is COc1cc(NC(=O)CCCCCCC(C)C)ccc1C(C(=O)O)N1CCCCC1. The van der Waals surface area contributed by atoms with Crippen LogP contribution in [0.3, 0.4) is 0 Å². The van der Waals surface area contributed by atoms with Gasteiger partial charge in [0.1, 0.15) is 11.8 Å². The van der Waals surface area contributed by atoms with Crippen LogP contribution in [0, 0.1) is 5.92 Å². The van der Waals surface area contributed by atoms with Crippen LogP contribution in [0.5, 0.6) is 5.75 Å². The largest absolute Gasteiger partial charge is 0.496 e. The molecule has 1 fully saturated rings. The van der Waals surface area contributed by atoms with E-state index in [1.54, 1.807) is 18.2 Å². The standard InChI is InChI=1S/C24H38N2O4/c1-18(2)11-7-4-5-8-12-22(27)25-19-13-14-20(21(17-19)30-3)23(24(28)29)26-15-9-6-10-16-26/h13-14,17-18,23H,4-12,15-16H2,1-3H3,(H,25,27)(H,28,29). The summed E-state index contributed by atoms with van der Waals surface area (Å²) in [5.41, 5.74) is 1.28. The lowest BCUT2D eigenvalue weighted by Gasteiger charge is -2.32. The van der Waals surface area contributed by atoms with Crippen molar-refractivity contribution in [1.29, 1.82) is 0 Å². The number of carbonyl (C=O) groups is 2. The van der Waals surface area contributed by atoms with Crippen LogP contribution in [0.15, 0.2) is 18.2 Å². The first-order valence-corrected chi connectivity index (χ1v) is 11.4. The number of hydrogen-bond donors (Lipinski definition) is 2. The number of nitrogens with one attached hydrogen (secondary N) is 1. The molecule has 168 valence electrons. The zero-order valence-electron chi connectivity index (χ0n) is 18.8. The number of ether oxygens (including phenoxy) is 1. The number of carboxylic acids is 1. The normalized spacial score (nSPS) is 15.7. The minimum atomic E-state index is -0.871. The summed E-state index contributed by atoms with van der Waals surface area (Å²) in [5, 5.41) is 12.8. The van der Waals surface area contributed by atoms with Crippen molar-refractivity contribution in [2.24, 2.45) is 5.92 Å². The molecular formula is C24H38N2O4. The molecule has 1 unspecified atom stereocenters. The Kier molecular flexibility index (Phi) is 10.1. The number of nitrogens with zero attached hydrogens (tertiary/aromatic N) is 1. The second-order valence-electron chi connectivity index (χ2n) is 8.69. The van der Waals surface area contributed by atoms with E-state index in [2.05, 4.69) is 19.2 Å². The molecule has 2 rings (SSSR count). The Balaban J connectivity index is 1.94. The molecule has 1 aliphatic rings. The predicted molar refractivity (Wildman–Crippen MR) is 120 cm³/mol. The first kappa shape index (κ1) is 24.2. The van der Waals surface area contributed by atoms with Crippen molar-refractivity contribution in [2.75, 3.05) is 25.5 Å². The van der Waals surface area contributed by atoms with Gasteiger partial charge in [0.25, 0.3) is 0 Å². The van der Waals surface area contributed by atoms with Crippen molar-refractivity contribution in [2.45, 2.75) is 77.7 Å². The van der Waals surface area contributed by atoms with Gasteiger partial charge >= 0.3 is 5.97 Å². The van der Waals surface area contributed by atoms with Gasteiger partial charge in [0.15, 0.2) is 0 Å². The van der Waals surface area contributed by atoms with Crippen molar-refractivity contribution in [3.05, 3.63) is 23.8 Å². The molecule has 0 spiro atoms. The zero-order chi connectivity index (χ0) is 21.9. The summed E-state index contributed by atoms with van der Waals surface area (Å²) in [6.45, 7) is 6.02. The quantitative estimate of drug-likeness (QED) is 0.454. The fourth-order valence-electron chi connectivity index (χ4n) is 4.09. The molecule has 6 nitrogen and oxygen atoms in total. The molecule has 0 aromatic heterocycles. The van der Waals surface area contributed by atoms with Gasteiger partial charge in [0, 0.05) is 23.7 Å². The highest BCUT2D eigenvalue weighted by atomic mass is 16.5. The Morgan fingerprint density at radius 1 is 1.10 bits per heavy atom. The van der Waals surface area contributed by atoms with Crippen LogP contribution in [0.4, 0.5) is 5.69 Å². The molecule has 0 aliphatic carbocycles. The van der Waals surface area contributed by atoms with E-state index in [0.29, 0.717) is 23.4 Å². The van der Waals surface area contributed by atoms with E-state index in [1.165, 1.54) is 26.4 Å². The van der Waals surface area contributed by atoms with Gasteiger partial charge in [-0.2, -0.15) is 0 Å². The summed E-state index contributed by atoms with van der Waals surface area (Å²) < 4.78 is 5.49. The molecule has 1 aromatic rings. The van der Waals surface area contributed by atoms with E-state index in [-0.39, 0.29) is 5.91 Å². The highest BCUT2D eigenvalue weighted by Gasteiger charge is 2.31. The second-order valence-corrected chi connectivity index (χ2v) is 8.69. The lowest BCUT2D eigenvalue weighted by Crippen LogP contribution is -2.38. The number of rotatable bonds is 12. The number of anilines is 1. The van der Waals surface area contributed by atoms with Crippen LogP contribution < -0.4 is 10.1 Å². The Morgan fingerprint density at radius 3 is 2.43 bits per heavy atom. The second kappa shape index (κ2) is 12.6. The monoisotopic (exact) mass is 418 g/mol. The number of hydrogen-bond acceptors (Lipinski definition) is 4. The van der Waals surface area contributed by atoms with Gasteiger partial charge in [-0.15, -0.1) is 0 Å². The molecule has 1 amide bonds. The number of carboxylic acid groups (broad SMARTS) is 1. The number of piperidine rings is 1. The summed E-state index contributed by atoms with van der Waals surface area (Å²) in [7, 11) is 1.54. The van der Waals surface area contributed by atoms with Gasteiger partial charge in [-0.1, -0.05) is 52.0 Å². The molecule has 0 saturated carbocycles. The summed E-state index contributed by atoms with van der Waals surface area (Å²) in [4.78, 5) is 26.3. The first-order valence-electron chi connectivity index (χ1n) is 11.4. The summed E-state index contributed by atoms with van der Waals surface area (Å²) in [6.07, 6.45) is 9.25. The lowest BCUT2D eigenvalue weighted by molar-refractivity contribution is -0.144.